The molecule has 0 spiro atoms. The van der Waals surface area contributed by atoms with Gasteiger partial charge < -0.3 is 14.2 Å². The van der Waals surface area contributed by atoms with E-state index in [0.29, 0.717) is 25.7 Å². The van der Waals surface area contributed by atoms with Crippen LogP contribution in [0.25, 0.3) is 0 Å². The number of benzene rings is 1. The van der Waals surface area contributed by atoms with Crippen LogP contribution in [0.1, 0.15) is 92.4 Å². The smallest absolute Gasteiger partial charge is 0.339 e. The number of esters is 2. The normalized spacial score (nSPS) is 11.8. The van der Waals surface area contributed by atoms with E-state index in [2.05, 4.69) is 13.8 Å². The monoisotopic (exact) mass is 406 g/mol. The summed E-state index contributed by atoms with van der Waals surface area (Å²) >= 11 is 0. The topological polar surface area (TPSA) is 61.8 Å². The maximum absolute atomic E-state index is 12.4. The summed E-state index contributed by atoms with van der Waals surface area (Å²) in [6, 6.07) is 6.69. The van der Waals surface area contributed by atoms with Crippen LogP contribution in [0.2, 0.25) is 0 Å². The number of hydrogen-bond donors (Lipinski definition) is 0. The Balaban J connectivity index is 2.39. The highest BCUT2D eigenvalue weighted by Crippen LogP contribution is 2.14. The van der Waals surface area contributed by atoms with Crippen molar-refractivity contribution in [1.29, 1.82) is 0 Å². The molecule has 0 amide bonds. The number of carbonyl (C=O) groups excluding carboxylic acids is 2. The first-order chi connectivity index (χ1) is 14.1. The largest absolute Gasteiger partial charge is 0.462 e. The van der Waals surface area contributed by atoms with Crippen molar-refractivity contribution in [3.05, 3.63) is 35.4 Å². The van der Waals surface area contributed by atoms with Crippen LogP contribution in [0.15, 0.2) is 24.3 Å². The molecule has 0 aliphatic heterocycles. The first-order valence-corrected chi connectivity index (χ1v) is 11.0. The molecule has 0 heterocycles. The second-order valence-corrected chi connectivity index (χ2v) is 7.61. The minimum atomic E-state index is -0.479. The molecule has 0 saturated heterocycles. The highest BCUT2D eigenvalue weighted by Gasteiger charge is 2.19. The van der Waals surface area contributed by atoms with E-state index in [1.54, 1.807) is 31.4 Å². The third kappa shape index (κ3) is 11.0. The number of ether oxygens (including phenoxy) is 3. The van der Waals surface area contributed by atoms with E-state index < -0.39 is 11.9 Å². The van der Waals surface area contributed by atoms with Crippen molar-refractivity contribution in [2.45, 2.75) is 71.6 Å². The van der Waals surface area contributed by atoms with E-state index in [0.717, 1.165) is 25.7 Å². The summed E-state index contributed by atoms with van der Waals surface area (Å²) in [6.45, 7) is 5.71. The van der Waals surface area contributed by atoms with Crippen molar-refractivity contribution < 1.29 is 23.8 Å². The van der Waals surface area contributed by atoms with Gasteiger partial charge in [0.05, 0.1) is 24.3 Å². The van der Waals surface area contributed by atoms with Crippen molar-refractivity contribution in [3.8, 4) is 0 Å². The van der Waals surface area contributed by atoms with Gasteiger partial charge in [-0.05, 0) is 37.3 Å². The van der Waals surface area contributed by atoms with Crippen LogP contribution in [0.4, 0.5) is 0 Å². The number of methoxy groups -OCH3 is 1. The molecule has 0 aliphatic carbocycles. The molecule has 1 aromatic carbocycles. The van der Waals surface area contributed by atoms with Crippen molar-refractivity contribution in [2.75, 3.05) is 26.9 Å². The van der Waals surface area contributed by atoms with E-state index in [1.807, 2.05) is 0 Å². The minimum absolute atomic E-state index is 0.265. The van der Waals surface area contributed by atoms with Crippen molar-refractivity contribution in [1.82, 2.24) is 0 Å². The highest BCUT2D eigenvalue weighted by molar-refractivity contribution is 6.03. The summed E-state index contributed by atoms with van der Waals surface area (Å²) in [6.07, 6.45) is 9.81. The van der Waals surface area contributed by atoms with Crippen molar-refractivity contribution in [3.63, 3.8) is 0 Å². The molecule has 1 atom stereocenters. The Morgan fingerprint density at radius 3 is 1.90 bits per heavy atom. The van der Waals surface area contributed by atoms with Gasteiger partial charge >= 0.3 is 11.9 Å². The van der Waals surface area contributed by atoms with Crippen LogP contribution in [0.3, 0.4) is 0 Å². The predicted molar refractivity (Wildman–Crippen MR) is 115 cm³/mol. The SMILES string of the molecule is CCCCCCCCCOC(=O)c1ccccc1C(=O)OCCC(C)CCOC. The second kappa shape index (κ2) is 16.0. The van der Waals surface area contributed by atoms with Gasteiger partial charge in [0.1, 0.15) is 0 Å². The van der Waals surface area contributed by atoms with E-state index in [9.17, 15) is 9.59 Å². The van der Waals surface area contributed by atoms with Gasteiger partial charge in [-0.1, -0.05) is 64.5 Å². The lowest BCUT2D eigenvalue weighted by Gasteiger charge is -2.12. The third-order valence-corrected chi connectivity index (χ3v) is 5.01. The Hall–Kier alpha value is -1.88. The van der Waals surface area contributed by atoms with Gasteiger partial charge in [-0.2, -0.15) is 0 Å². The molecule has 29 heavy (non-hydrogen) atoms. The Kier molecular flexibility index (Phi) is 13.9. The standard InChI is InChI=1S/C24H38O5/c1-4-5-6-7-8-9-12-17-28-23(25)21-13-10-11-14-22(21)24(26)29-19-16-20(2)15-18-27-3/h10-11,13-14,20H,4-9,12,15-19H2,1-3H3. The van der Waals surface area contributed by atoms with Crippen LogP contribution < -0.4 is 0 Å². The Morgan fingerprint density at radius 1 is 0.793 bits per heavy atom. The van der Waals surface area contributed by atoms with Gasteiger partial charge in [0.15, 0.2) is 0 Å². The summed E-state index contributed by atoms with van der Waals surface area (Å²) in [7, 11) is 1.68. The fourth-order valence-electron chi connectivity index (χ4n) is 3.03. The van der Waals surface area contributed by atoms with Crippen LogP contribution in [0.5, 0.6) is 0 Å². The Labute approximate surface area is 176 Å². The lowest BCUT2D eigenvalue weighted by atomic mass is 10.1. The molecule has 164 valence electrons. The second-order valence-electron chi connectivity index (χ2n) is 7.61. The number of hydrogen-bond acceptors (Lipinski definition) is 5. The molecule has 0 aliphatic rings. The van der Waals surface area contributed by atoms with Crippen LogP contribution >= 0.6 is 0 Å². The minimum Gasteiger partial charge on any atom is -0.462 e. The molecule has 0 aromatic heterocycles. The summed E-state index contributed by atoms with van der Waals surface area (Å²) in [4.78, 5) is 24.8. The molecule has 1 aromatic rings. The molecule has 0 radical (unpaired) electrons. The summed E-state index contributed by atoms with van der Waals surface area (Å²) in [5.74, 6) is -0.533. The average Bonchev–Trinajstić information content (AvgIpc) is 2.73. The van der Waals surface area contributed by atoms with Gasteiger partial charge in [0, 0.05) is 13.7 Å². The van der Waals surface area contributed by atoms with E-state index in [1.165, 1.54) is 32.1 Å². The summed E-state index contributed by atoms with van der Waals surface area (Å²) < 4.78 is 15.8. The number of unbranched alkanes of at least 4 members (excludes halogenated alkanes) is 6. The zero-order valence-corrected chi connectivity index (χ0v) is 18.4. The Bertz CT molecular complexity index is 584. The molecule has 0 N–H and O–H groups in total. The van der Waals surface area contributed by atoms with Crippen LogP contribution in [-0.2, 0) is 14.2 Å². The van der Waals surface area contributed by atoms with Crippen LogP contribution in [-0.4, -0.2) is 38.9 Å². The molecule has 1 unspecified atom stereocenters. The zero-order chi connectivity index (χ0) is 21.3. The van der Waals surface area contributed by atoms with Crippen LogP contribution in [0, 0.1) is 5.92 Å². The van der Waals surface area contributed by atoms with Gasteiger partial charge in [-0.25, -0.2) is 9.59 Å². The molecular weight excluding hydrogens is 368 g/mol. The predicted octanol–water partition coefficient (Wildman–Crippen LogP) is 5.81. The van der Waals surface area contributed by atoms with Gasteiger partial charge in [-0.15, -0.1) is 0 Å². The fraction of sp³-hybridized carbons (Fsp3) is 0.667. The quantitative estimate of drug-likeness (QED) is 0.256. The lowest BCUT2D eigenvalue weighted by Crippen LogP contribution is -2.15. The third-order valence-electron chi connectivity index (χ3n) is 5.01. The molecule has 0 saturated carbocycles. The first kappa shape index (κ1) is 25.2. The highest BCUT2D eigenvalue weighted by atomic mass is 16.5. The Morgan fingerprint density at radius 2 is 1.31 bits per heavy atom. The summed E-state index contributed by atoms with van der Waals surface area (Å²) in [5.41, 5.74) is 0.537. The summed E-state index contributed by atoms with van der Waals surface area (Å²) in [5, 5.41) is 0. The molecule has 1 rings (SSSR count). The van der Waals surface area contributed by atoms with Crippen molar-refractivity contribution >= 4 is 11.9 Å². The molecule has 5 nitrogen and oxygen atoms in total. The van der Waals surface area contributed by atoms with Gasteiger partial charge in [0.2, 0.25) is 0 Å². The molecule has 0 bridgehead atoms. The maximum Gasteiger partial charge on any atom is 0.339 e. The average molecular weight is 407 g/mol. The molecular formula is C24H38O5. The zero-order valence-electron chi connectivity index (χ0n) is 18.4. The van der Waals surface area contributed by atoms with Gasteiger partial charge in [-0.3, -0.25) is 0 Å². The maximum atomic E-state index is 12.4. The number of carbonyl (C=O) groups is 2. The molecule has 0 fully saturated rings. The van der Waals surface area contributed by atoms with Crippen molar-refractivity contribution in [2.24, 2.45) is 5.92 Å². The molecule has 5 heteroatoms. The fourth-order valence-corrected chi connectivity index (χ4v) is 3.03. The van der Waals surface area contributed by atoms with E-state index in [4.69, 9.17) is 14.2 Å². The van der Waals surface area contributed by atoms with Gasteiger partial charge in [0.25, 0.3) is 0 Å². The number of rotatable bonds is 16. The van der Waals surface area contributed by atoms with E-state index in [-0.39, 0.29) is 11.1 Å². The first-order valence-electron chi connectivity index (χ1n) is 11.0. The van der Waals surface area contributed by atoms with E-state index >= 15 is 0 Å². The lowest BCUT2D eigenvalue weighted by molar-refractivity contribution is 0.0440.